The van der Waals surface area contributed by atoms with E-state index in [1.807, 2.05) is 4.90 Å². The van der Waals surface area contributed by atoms with Crippen molar-refractivity contribution in [3.05, 3.63) is 29.8 Å². The Hall–Kier alpha value is -1.15. The number of halogens is 1. The summed E-state index contributed by atoms with van der Waals surface area (Å²) in [5, 5.41) is 3.38. The highest BCUT2D eigenvalue weighted by Gasteiger charge is 2.38. The Bertz CT molecular complexity index is 737. The van der Waals surface area contributed by atoms with Crippen molar-refractivity contribution in [2.75, 3.05) is 13.1 Å². The molecule has 1 aromatic rings. The maximum atomic E-state index is 13.0. The van der Waals surface area contributed by atoms with Crippen LogP contribution in [-0.2, 0) is 10.0 Å². The largest absolute Gasteiger partial charge is 0.331 e. The molecule has 138 valence electrons. The Morgan fingerprint density at radius 3 is 2.64 bits per heavy atom. The summed E-state index contributed by atoms with van der Waals surface area (Å²) in [5.41, 5.74) is 0.465. The number of sulfonamides is 1. The Labute approximate surface area is 154 Å². The molecule has 2 aliphatic heterocycles. The average Bonchev–Trinajstić information content (AvgIpc) is 3.29. The van der Waals surface area contributed by atoms with Crippen molar-refractivity contribution >= 4 is 28.3 Å². The minimum Gasteiger partial charge on any atom is -0.331 e. The summed E-state index contributed by atoms with van der Waals surface area (Å²) in [7, 11) is -3.54. The molecule has 0 spiro atoms. The van der Waals surface area contributed by atoms with Gasteiger partial charge in [0.15, 0.2) is 0 Å². The minimum absolute atomic E-state index is 0. The number of nitrogens with one attached hydrogen (secondary N) is 2. The van der Waals surface area contributed by atoms with Crippen molar-refractivity contribution in [1.82, 2.24) is 14.9 Å². The third-order valence-corrected chi connectivity index (χ3v) is 6.70. The van der Waals surface area contributed by atoms with Crippen LogP contribution in [0.3, 0.4) is 0 Å². The molecule has 2 bridgehead atoms. The average molecular weight is 386 g/mol. The number of hydrogen-bond acceptors (Lipinski definition) is 4. The van der Waals surface area contributed by atoms with E-state index in [9.17, 15) is 13.2 Å². The van der Waals surface area contributed by atoms with Crippen molar-refractivity contribution in [2.24, 2.45) is 0 Å². The van der Waals surface area contributed by atoms with Gasteiger partial charge in [-0.25, -0.2) is 13.1 Å². The molecule has 3 fully saturated rings. The summed E-state index contributed by atoms with van der Waals surface area (Å²) in [6.07, 6.45) is 4.80. The first kappa shape index (κ1) is 18.6. The van der Waals surface area contributed by atoms with Crippen LogP contribution < -0.4 is 10.0 Å². The molecule has 2 saturated heterocycles. The minimum atomic E-state index is -3.54. The van der Waals surface area contributed by atoms with E-state index in [1.54, 1.807) is 18.2 Å². The first-order chi connectivity index (χ1) is 11.5. The van der Waals surface area contributed by atoms with Crippen LogP contribution in [0.15, 0.2) is 29.2 Å². The van der Waals surface area contributed by atoms with Gasteiger partial charge in [0.05, 0.1) is 4.90 Å². The lowest BCUT2D eigenvalue weighted by molar-refractivity contribution is 0.0680. The topological polar surface area (TPSA) is 78.5 Å². The number of carbonyl (C=O) groups is 1. The second-order valence-corrected chi connectivity index (χ2v) is 8.73. The normalized spacial score (nSPS) is 26.0. The van der Waals surface area contributed by atoms with Crippen LogP contribution in [-0.4, -0.2) is 50.4 Å². The van der Waals surface area contributed by atoms with Gasteiger partial charge in [-0.05, 0) is 56.8 Å². The summed E-state index contributed by atoms with van der Waals surface area (Å²) >= 11 is 0. The maximum Gasteiger partial charge on any atom is 0.254 e. The third-order valence-electron chi connectivity index (χ3n) is 5.18. The highest BCUT2D eigenvalue weighted by atomic mass is 35.5. The fourth-order valence-electron chi connectivity index (χ4n) is 3.75. The standard InChI is InChI=1S/C17H23N3O3S.ClH/c21-17(20-14-6-7-15(20)11-18-9-8-14)12-2-1-3-16(10-12)24(22,23)19-13-4-5-13;/h1-3,10,13-15,18-19H,4-9,11H2;1H. The van der Waals surface area contributed by atoms with E-state index < -0.39 is 10.0 Å². The molecule has 2 atom stereocenters. The molecular weight excluding hydrogens is 362 g/mol. The Morgan fingerprint density at radius 2 is 1.88 bits per heavy atom. The van der Waals surface area contributed by atoms with E-state index >= 15 is 0 Å². The molecule has 6 nitrogen and oxygen atoms in total. The monoisotopic (exact) mass is 385 g/mol. The third kappa shape index (κ3) is 3.84. The van der Waals surface area contributed by atoms with Crippen LogP contribution in [0.2, 0.25) is 0 Å². The smallest absolute Gasteiger partial charge is 0.254 e. The van der Waals surface area contributed by atoms with Crippen LogP contribution in [0.1, 0.15) is 42.5 Å². The van der Waals surface area contributed by atoms with Gasteiger partial charge in [-0.2, -0.15) is 0 Å². The number of fused-ring (bicyclic) bond motifs is 2. The molecule has 0 radical (unpaired) electrons. The second-order valence-electron chi connectivity index (χ2n) is 7.01. The van der Waals surface area contributed by atoms with Crippen molar-refractivity contribution in [3.63, 3.8) is 0 Å². The molecule has 0 aromatic heterocycles. The zero-order valence-corrected chi connectivity index (χ0v) is 15.6. The summed E-state index contributed by atoms with van der Waals surface area (Å²) in [6, 6.07) is 6.99. The fraction of sp³-hybridized carbons (Fsp3) is 0.588. The highest BCUT2D eigenvalue weighted by molar-refractivity contribution is 7.89. The lowest BCUT2D eigenvalue weighted by Gasteiger charge is -2.28. The Kier molecular flexibility index (Phi) is 5.39. The second kappa shape index (κ2) is 7.23. The van der Waals surface area contributed by atoms with Gasteiger partial charge in [-0.1, -0.05) is 6.07 Å². The van der Waals surface area contributed by atoms with E-state index in [4.69, 9.17) is 0 Å². The van der Waals surface area contributed by atoms with Gasteiger partial charge in [0.2, 0.25) is 10.0 Å². The molecule has 1 aliphatic carbocycles. The van der Waals surface area contributed by atoms with E-state index in [1.165, 1.54) is 6.07 Å². The lowest BCUT2D eigenvalue weighted by Crippen LogP contribution is -2.42. The van der Waals surface area contributed by atoms with E-state index in [2.05, 4.69) is 10.0 Å². The highest BCUT2D eigenvalue weighted by Crippen LogP contribution is 2.30. The lowest BCUT2D eigenvalue weighted by atomic mass is 10.1. The van der Waals surface area contributed by atoms with Crippen LogP contribution in [0.4, 0.5) is 0 Å². The first-order valence-electron chi connectivity index (χ1n) is 8.70. The quantitative estimate of drug-likeness (QED) is 0.823. The number of rotatable bonds is 4. The molecule has 25 heavy (non-hydrogen) atoms. The molecule has 1 aromatic carbocycles. The predicted octanol–water partition coefficient (Wildman–Crippen LogP) is 1.52. The van der Waals surface area contributed by atoms with Gasteiger partial charge >= 0.3 is 0 Å². The zero-order chi connectivity index (χ0) is 16.7. The van der Waals surface area contributed by atoms with Crippen LogP contribution in [0.5, 0.6) is 0 Å². The van der Waals surface area contributed by atoms with E-state index in [0.29, 0.717) is 5.56 Å². The number of benzene rings is 1. The van der Waals surface area contributed by atoms with Gasteiger partial charge in [-0.15, -0.1) is 12.4 Å². The summed E-state index contributed by atoms with van der Waals surface area (Å²) in [6.45, 7) is 1.76. The fourth-order valence-corrected chi connectivity index (χ4v) is 5.10. The molecule has 4 rings (SSSR count). The van der Waals surface area contributed by atoms with Crippen molar-refractivity contribution in [3.8, 4) is 0 Å². The van der Waals surface area contributed by atoms with Gasteiger partial charge in [0.25, 0.3) is 5.91 Å². The van der Waals surface area contributed by atoms with Crippen LogP contribution in [0, 0.1) is 0 Å². The van der Waals surface area contributed by atoms with E-state index in [0.717, 1.165) is 45.2 Å². The van der Waals surface area contributed by atoms with Crippen LogP contribution >= 0.6 is 12.4 Å². The first-order valence-corrected chi connectivity index (χ1v) is 10.2. The van der Waals surface area contributed by atoms with Crippen molar-refractivity contribution in [1.29, 1.82) is 0 Å². The zero-order valence-electron chi connectivity index (χ0n) is 14.0. The van der Waals surface area contributed by atoms with Crippen molar-refractivity contribution in [2.45, 2.75) is 55.1 Å². The van der Waals surface area contributed by atoms with Crippen LogP contribution in [0.25, 0.3) is 0 Å². The number of nitrogens with zero attached hydrogens (tertiary/aromatic N) is 1. The summed E-state index contributed by atoms with van der Waals surface area (Å²) in [4.78, 5) is 15.2. The molecule has 3 aliphatic rings. The predicted molar refractivity (Wildman–Crippen MR) is 97.5 cm³/mol. The number of hydrogen-bond donors (Lipinski definition) is 2. The Balaban J connectivity index is 0.00000182. The molecule has 1 saturated carbocycles. The SMILES string of the molecule is Cl.O=C(c1cccc(S(=O)(=O)NC2CC2)c1)N1C2CCNCC1CC2. The van der Waals surface area contributed by atoms with E-state index in [-0.39, 0.29) is 41.3 Å². The number of amides is 1. The molecule has 8 heteroatoms. The summed E-state index contributed by atoms with van der Waals surface area (Å²) < 4.78 is 27.4. The van der Waals surface area contributed by atoms with Gasteiger partial charge < -0.3 is 10.2 Å². The van der Waals surface area contributed by atoms with Gasteiger partial charge in [-0.3, -0.25) is 4.79 Å². The van der Waals surface area contributed by atoms with Gasteiger partial charge in [0.1, 0.15) is 0 Å². The number of carbonyl (C=O) groups excluding carboxylic acids is 1. The molecular formula is C17H24ClN3O3S. The molecule has 1 amide bonds. The van der Waals surface area contributed by atoms with Crippen molar-refractivity contribution < 1.29 is 13.2 Å². The maximum absolute atomic E-state index is 13.0. The summed E-state index contributed by atoms with van der Waals surface area (Å²) in [5.74, 6) is -0.0466. The molecule has 2 heterocycles. The molecule has 2 N–H and O–H groups in total. The molecule has 2 unspecified atom stereocenters. The van der Waals surface area contributed by atoms with Gasteiger partial charge in [0, 0.05) is 30.2 Å². The Morgan fingerprint density at radius 1 is 1.12 bits per heavy atom.